The molecule has 0 bridgehead atoms. The number of carbonyl (C=O) groups excluding carboxylic acids is 1. The smallest absolute Gasteiger partial charge is 0.338 e. The van der Waals surface area contributed by atoms with Gasteiger partial charge in [-0.2, -0.15) is 0 Å². The lowest BCUT2D eigenvalue weighted by Gasteiger charge is -2.18. The number of thiophene rings is 1. The Kier molecular flexibility index (Phi) is 3.51. The molecule has 1 aliphatic heterocycles. The van der Waals surface area contributed by atoms with E-state index in [4.69, 9.17) is 4.74 Å². The second-order valence-electron chi connectivity index (χ2n) is 4.56. The van der Waals surface area contributed by atoms with E-state index in [1.54, 1.807) is 11.3 Å². The first-order valence-electron chi connectivity index (χ1n) is 6.39. The zero-order chi connectivity index (χ0) is 13.1. The summed E-state index contributed by atoms with van der Waals surface area (Å²) in [7, 11) is 0. The largest absolute Gasteiger partial charge is 0.456 e. The molecule has 0 saturated heterocycles. The van der Waals surface area contributed by atoms with Crippen molar-refractivity contribution in [1.29, 1.82) is 0 Å². The molecule has 4 heteroatoms. The predicted octanol–water partition coefficient (Wildman–Crippen LogP) is 3.46. The van der Waals surface area contributed by atoms with E-state index in [0.717, 1.165) is 30.0 Å². The Hall–Kier alpha value is -1.81. The Bertz CT molecular complexity index is 578. The summed E-state index contributed by atoms with van der Waals surface area (Å²) < 4.78 is 5.31. The molecule has 3 rings (SSSR count). The highest BCUT2D eigenvalue weighted by atomic mass is 32.1. The van der Waals surface area contributed by atoms with E-state index >= 15 is 0 Å². The number of carbonyl (C=O) groups is 1. The van der Waals surface area contributed by atoms with Gasteiger partial charge in [-0.25, -0.2) is 4.79 Å². The third-order valence-electron chi connectivity index (χ3n) is 3.20. The molecule has 19 heavy (non-hydrogen) atoms. The number of fused-ring (bicyclic) bond motifs is 1. The summed E-state index contributed by atoms with van der Waals surface area (Å²) in [6.45, 7) is 1.36. The van der Waals surface area contributed by atoms with Crippen molar-refractivity contribution in [3.05, 3.63) is 51.7 Å². The molecule has 1 aromatic carbocycles. The van der Waals surface area contributed by atoms with Gasteiger partial charge in [0.05, 0.1) is 5.56 Å². The predicted molar refractivity (Wildman–Crippen MR) is 76.7 cm³/mol. The van der Waals surface area contributed by atoms with E-state index in [2.05, 4.69) is 5.32 Å². The lowest BCUT2D eigenvalue weighted by atomic mass is 10.0. The molecule has 1 aliphatic rings. The number of nitrogens with one attached hydrogen (secondary N) is 1. The van der Waals surface area contributed by atoms with E-state index in [9.17, 15) is 4.79 Å². The van der Waals surface area contributed by atoms with Crippen LogP contribution in [0.5, 0.6) is 0 Å². The van der Waals surface area contributed by atoms with Gasteiger partial charge in [0.2, 0.25) is 0 Å². The normalized spacial score (nSPS) is 13.5. The number of benzene rings is 1. The maximum Gasteiger partial charge on any atom is 0.338 e. The number of ether oxygens (including phenoxy) is 1. The maximum absolute atomic E-state index is 12.0. The van der Waals surface area contributed by atoms with Crippen LogP contribution in [0.15, 0.2) is 35.7 Å². The van der Waals surface area contributed by atoms with E-state index in [1.807, 2.05) is 35.7 Å². The third kappa shape index (κ3) is 2.79. The SMILES string of the molecule is O=C(OCc1cccs1)c1ccc2c(c1)CCCN2. The van der Waals surface area contributed by atoms with Gasteiger partial charge < -0.3 is 10.1 Å². The average molecular weight is 273 g/mol. The molecule has 2 heterocycles. The Labute approximate surface area is 116 Å². The van der Waals surface area contributed by atoms with Crippen LogP contribution < -0.4 is 5.32 Å². The Balaban J connectivity index is 1.69. The van der Waals surface area contributed by atoms with Crippen LogP contribution in [-0.2, 0) is 17.8 Å². The van der Waals surface area contributed by atoms with Crippen molar-refractivity contribution in [3.63, 3.8) is 0 Å². The van der Waals surface area contributed by atoms with Crippen molar-refractivity contribution in [3.8, 4) is 0 Å². The van der Waals surface area contributed by atoms with Gasteiger partial charge >= 0.3 is 5.97 Å². The van der Waals surface area contributed by atoms with Gasteiger partial charge in [0, 0.05) is 17.1 Å². The minimum Gasteiger partial charge on any atom is -0.456 e. The molecule has 1 N–H and O–H groups in total. The number of hydrogen-bond donors (Lipinski definition) is 1. The van der Waals surface area contributed by atoms with Crippen LogP contribution in [0.25, 0.3) is 0 Å². The average Bonchev–Trinajstić information content (AvgIpc) is 2.97. The minimum absolute atomic E-state index is 0.248. The van der Waals surface area contributed by atoms with Gasteiger partial charge in [-0.1, -0.05) is 6.07 Å². The monoisotopic (exact) mass is 273 g/mol. The highest BCUT2D eigenvalue weighted by molar-refractivity contribution is 7.09. The van der Waals surface area contributed by atoms with E-state index in [-0.39, 0.29) is 5.97 Å². The molecule has 2 aromatic rings. The van der Waals surface area contributed by atoms with Crippen LogP contribution in [0.3, 0.4) is 0 Å². The second-order valence-corrected chi connectivity index (χ2v) is 5.59. The van der Waals surface area contributed by atoms with Crippen molar-refractivity contribution in [2.45, 2.75) is 19.4 Å². The summed E-state index contributed by atoms with van der Waals surface area (Å²) in [4.78, 5) is 13.1. The zero-order valence-electron chi connectivity index (χ0n) is 10.5. The van der Waals surface area contributed by atoms with Gasteiger partial charge in [-0.15, -0.1) is 11.3 Å². The molecule has 0 saturated carbocycles. The fourth-order valence-corrected chi connectivity index (χ4v) is 2.83. The van der Waals surface area contributed by atoms with E-state index in [0.29, 0.717) is 12.2 Å². The zero-order valence-corrected chi connectivity index (χ0v) is 11.3. The van der Waals surface area contributed by atoms with Gasteiger partial charge in [-0.3, -0.25) is 0 Å². The standard InChI is InChI=1S/C15H15NO2S/c17-15(18-10-13-4-2-8-19-13)12-5-6-14-11(9-12)3-1-7-16-14/h2,4-6,8-9,16H,1,3,7,10H2. The highest BCUT2D eigenvalue weighted by Crippen LogP contribution is 2.23. The maximum atomic E-state index is 12.0. The van der Waals surface area contributed by atoms with E-state index in [1.165, 1.54) is 5.56 Å². The highest BCUT2D eigenvalue weighted by Gasteiger charge is 2.13. The topological polar surface area (TPSA) is 38.3 Å². The van der Waals surface area contributed by atoms with Gasteiger partial charge in [0.15, 0.2) is 0 Å². The van der Waals surface area contributed by atoms with Crippen LogP contribution in [-0.4, -0.2) is 12.5 Å². The molecule has 98 valence electrons. The van der Waals surface area contributed by atoms with Crippen molar-refractivity contribution in [2.24, 2.45) is 0 Å². The summed E-state index contributed by atoms with van der Waals surface area (Å²) in [6.07, 6.45) is 2.13. The van der Waals surface area contributed by atoms with Crippen LogP contribution >= 0.6 is 11.3 Å². The van der Waals surface area contributed by atoms with Crippen LogP contribution in [0.2, 0.25) is 0 Å². The van der Waals surface area contributed by atoms with Crippen LogP contribution in [0.4, 0.5) is 5.69 Å². The summed E-state index contributed by atoms with van der Waals surface area (Å²) >= 11 is 1.60. The quantitative estimate of drug-likeness (QED) is 0.870. The first-order chi connectivity index (χ1) is 9.33. The Morgan fingerprint density at radius 2 is 2.32 bits per heavy atom. The second kappa shape index (κ2) is 5.45. The summed E-state index contributed by atoms with van der Waals surface area (Å²) in [5.41, 5.74) is 2.98. The van der Waals surface area contributed by atoms with Gasteiger partial charge in [-0.05, 0) is 48.1 Å². The number of esters is 1. The summed E-state index contributed by atoms with van der Waals surface area (Å²) in [6, 6.07) is 9.66. The Morgan fingerprint density at radius 3 is 3.16 bits per heavy atom. The first-order valence-corrected chi connectivity index (χ1v) is 7.27. The van der Waals surface area contributed by atoms with Crippen molar-refractivity contribution in [1.82, 2.24) is 0 Å². The fraction of sp³-hybridized carbons (Fsp3) is 0.267. The van der Waals surface area contributed by atoms with Gasteiger partial charge in [0.25, 0.3) is 0 Å². The van der Waals surface area contributed by atoms with E-state index < -0.39 is 0 Å². The molecule has 1 aromatic heterocycles. The molecule has 0 aliphatic carbocycles. The molecular weight excluding hydrogens is 258 g/mol. The molecular formula is C15H15NO2S. The third-order valence-corrected chi connectivity index (χ3v) is 4.05. The molecule has 0 radical (unpaired) electrons. The van der Waals surface area contributed by atoms with Crippen LogP contribution in [0.1, 0.15) is 27.2 Å². The number of anilines is 1. The number of aryl methyl sites for hydroxylation is 1. The van der Waals surface area contributed by atoms with Gasteiger partial charge in [0.1, 0.15) is 6.61 Å². The molecule has 0 fully saturated rings. The van der Waals surface area contributed by atoms with Crippen LogP contribution in [0, 0.1) is 0 Å². The molecule has 0 unspecified atom stereocenters. The fourth-order valence-electron chi connectivity index (χ4n) is 2.22. The minimum atomic E-state index is -0.248. The summed E-state index contributed by atoms with van der Waals surface area (Å²) in [5.74, 6) is -0.248. The lowest BCUT2D eigenvalue weighted by molar-refractivity contribution is 0.0476. The Morgan fingerprint density at radius 1 is 1.37 bits per heavy atom. The first kappa shape index (κ1) is 12.2. The molecule has 0 spiro atoms. The van der Waals surface area contributed by atoms with Crippen molar-refractivity contribution in [2.75, 3.05) is 11.9 Å². The van der Waals surface area contributed by atoms with Crippen molar-refractivity contribution < 1.29 is 9.53 Å². The number of rotatable bonds is 3. The molecule has 0 atom stereocenters. The summed E-state index contributed by atoms with van der Waals surface area (Å²) in [5, 5.41) is 5.31. The number of hydrogen-bond acceptors (Lipinski definition) is 4. The van der Waals surface area contributed by atoms with Crippen molar-refractivity contribution >= 4 is 23.0 Å². The molecule has 3 nitrogen and oxygen atoms in total. The molecule has 0 amide bonds. The lowest BCUT2D eigenvalue weighted by Crippen LogP contribution is -2.13.